The number of hydrogen-bond donors (Lipinski definition) is 1. The first-order valence-corrected chi connectivity index (χ1v) is 8.91. The molecule has 8 heteroatoms. The molecule has 1 aromatic heterocycles. The molecule has 22 heavy (non-hydrogen) atoms. The number of aromatic nitrogens is 1. The van der Waals surface area contributed by atoms with Crippen LogP contribution in [0, 0.1) is 5.92 Å². The summed E-state index contributed by atoms with van der Waals surface area (Å²) in [5, 5.41) is 5.06. The molecule has 1 fully saturated rings. The van der Waals surface area contributed by atoms with E-state index in [2.05, 4.69) is 4.98 Å². The van der Waals surface area contributed by atoms with Gasteiger partial charge in [-0.05, 0) is 31.0 Å². The lowest BCUT2D eigenvalue weighted by Gasteiger charge is -2.21. The van der Waals surface area contributed by atoms with Crippen molar-refractivity contribution < 1.29 is 13.2 Å². The molecule has 1 amide bonds. The predicted molar refractivity (Wildman–Crippen MR) is 83.2 cm³/mol. The van der Waals surface area contributed by atoms with Crippen molar-refractivity contribution in [2.24, 2.45) is 11.1 Å². The van der Waals surface area contributed by atoms with E-state index in [4.69, 9.17) is 5.14 Å². The molecule has 1 saturated heterocycles. The van der Waals surface area contributed by atoms with Crippen molar-refractivity contribution in [3.05, 3.63) is 30.1 Å². The van der Waals surface area contributed by atoms with Gasteiger partial charge in [0.25, 0.3) is 0 Å². The zero-order chi connectivity index (χ0) is 16.2. The summed E-state index contributed by atoms with van der Waals surface area (Å²) < 4.78 is 22.2. The average Bonchev–Trinajstić information content (AvgIpc) is 2.86. The maximum Gasteiger partial charge on any atom is 0.236 e. The molecule has 1 aliphatic heterocycles. The Morgan fingerprint density at radius 1 is 1.55 bits per heavy atom. The van der Waals surface area contributed by atoms with E-state index in [0.717, 1.165) is 5.56 Å². The summed E-state index contributed by atoms with van der Waals surface area (Å²) in [6, 6.07) is 3.83. The molecule has 0 aliphatic carbocycles. The van der Waals surface area contributed by atoms with E-state index in [1.807, 2.05) is 24.1 Å². The quantitative estimate of drug-likeness (QED) is 0.771. The van der Waals surface area contributed by atoms with Gasteiger partial charge < -0.3 is 4.90 Å². The largest absolute Gasteiger partial charge is 0.341 e. The number of hydrogen-bond acceptors (Lipinski definition) is 5. The highest BCUT2D eigenvalue weighted by atomic mass is 32.2. The van der Waals surface area contributed by atoms with Crippen molar-refractivity contribution >= 4 is 15.9 Å². The van der Waals surface area contributed by atoms with Gasteiger partial charge in [-0.3, -0.25) is 14.7 Å². The monoisotopic (exact) mass is 326 g/mol. The molecule has 1 aromatic rings. The van der Waals surface area contributed by atoms with E-state index < -0.39 is 10.0 Å². The molecular weight excluding hydrogens is 304 g/mol. The first kappa shape index (κ1) is 16.9. The van der Waals surface area contributed by atoms with Crippen LogP contribution in [0.3, 0.4) is 0 Å². The van der Waals surface area contributed by atoms with Gasteiger partial charge in [-0.2, -0.15) is 0 Å². The number of rotatable bonds is 6. The Balaban J connectivity index is 1.80. The number of sulfonamides is 1. The van der Waals surface area contributed by atoms with Gasteiger partial charge >= 0.3 is 0 Å². The number of carbonyl (C=O) groups excluding carboxylic acids is 1. The van der Waals surface area contributed by atoms with Crippen molar-refractivity contribution in [3.63, 3.8) is 0 Å². The maximum atomic E-state index is 12.2. The third-order valence-electron chi connectivity index (χ3n) is 3.69. The number of carbonyl (C=O) groups is 1. The fraction of sp³-hybridized carbons (Fsp3) is 0.571. The zero-order valence-electron chi connectivity index (χ0n) is 12.7. The molecule has 0 radical (unpaired) electrons. The third-order valence-corrected chi connectivity index (χ3v) is 4.62. The van der Waals surface area contributed by atoms with Gasteiger partial charge in [-0.25, -0.2) is 13.6 Å². The minimum atomic E-state index is -3.48. The molecule has 0 aromatic carbocycles. The highest BCUT2D eigenvalue weighted by Crippen LogP contribution is 2.17. The summed E-state index contributed by atoms with van der Waals surface area (Å²) in [5.74, 6) is -0.0895. The van der Waals surface area contributed by atoms with Crippen LogP contribution in [-0.4, -0.2) is 61.5 Å². The first-order valence-electron chi connectivity index (χ1n) is 7.19. The van der Waals surface area contributed by atoms with Crippen LogP contribution in [0.2, 0.25) is 0 Å². The van der Waals surface area contributed by atoms with Crippen LogP contribution in [0.1, 0.15) is 12.0 Å². The number of primary sulfonamides is 1. The Hall–Kier alpha value is -1.51. The minimum Gasteiger partial charge on any atom is -0.341 e. The molecule has 0 saturated carbocycles. The molecule has 0 bridgehead atoms. The first-order chi connectivity index (χ1) is 10.3. The van der Waals surface area contributed by atoms with Gasteiger partial charge in [0.2, 0.25) is 15.9 Å². The summed E-state index contributed by atoms with van der Waals surface area (Å²) in [6.45, 7) is 2.01. The molecule has 122 valence electrons. The molecule has 2 N–H and O–H groups in total. The molecule has 2 rings (SSSR count). The van der Waals surface area contributed by atoms with Crippen LogP contribution in [0.25, 0.3) is 0 Å². The number of likely N-dealkylation sites (tertiary alicyclic amines) is 1. The zero-order valence-corrected chi connectivity index (χ0v) is 13.5. The number of nitrogens with two attached hydrogens (primary N) is 1. The van der Waals surface area contributed by atoms with Crippen LogP contribution < -0.4 is 5.14 Å². The van der Waals surface area contributed by atoms with Crippen LogP contribution in [0.5, 0.6) is 0 Å². The Kier molecular flexibility index (Phi) is 5.49. The number of pyridine rings is 1. The molecule has 2 heterocycles. The van der Waals surface area contributed by atoms with Crippen LogP contribution in [-0.2, 0) is 21.4 Å². The van der Waals surface area contributed by atoms with Crippen molar-refractivity contribution in [2.45, 2.75) is 13.0 Å². The van der Waals surface area contributed by atoms with Gasteiger partial charge in [0.15, 0.2) is 0 Å². The van der Waals surface area contributed by atoms with E-state index in [-0.39, 0.29) is 17.6 Å². The van der Waals surface area contributed by atoms with Crippen LogP contribution in [0.4, 0.5) is 0 Å². The lowest BCUT2D eigenvalue weighted by atomic mass is 10.2. The van der Waals surface area contributed by atoms with Gasteiger partial charge in [0.1, 0.15) is 0 Å². The smallest absolute Gasteiger partial charge is 0.236 e. The Bertz CT molecular complexity index is 606. The number of likely N-dealkylation sites (N-methyl/N-ethyl adjacent to an activating group) is 1. The number of nitrogens with zero attached hydrogens (tertiary/aromatic N) is 3. The van der Waals surface area contributed by atoms with E-state index >= 15 is 0 Å². The molecule has 1 aliphatic rings. The second kappa shape index (κ2) is 7.17. The fourth-order valence-electron chi connectivity index (χ4n) is 2.71. The Morgan fingerprint density at radius 2 is 2.32 bits per heavy atom. The molecule has 0 unspecified atom stereocenters. The topological polar surface area (TPSA) is 96.6 Å². The van der Waals surface area contributed by atoms with Gasteiger partial charge in [-0.15, -0.1) is 0 Å². The fourth-order valence-corrected chi connectivity index (χ4v) is 3.64. The predicted octanol–water partition coefficient (Wildman–Crippen LogP) is -0.350. The molecule has 7 nitrogen and oxygen atoms in total. The standard InChI is InChI=1S/C14H22N4O3S/c1-17(8-12-3-2-5-16-7-12)10-14(19)18-6-4-13(9-18)11-22(15,20)21/h2-3,5,7,13H,4,6,8-11H2,1H3,(H2,15,20,21)/t13-/m1/s1. The van der Waals surface area contributed by atoms with Gasteiger partial charge in [-0.1, -0.05) is 6.07 Å². The van der Waals surface area contributed by atoms with E-state index in [1.54, 1.807) is 17.3 Å². The Morgan fingerprint density at radius 3 is 2.95 bits per heavy atom. The molecular formula is C14H22N4O3S. The highest BCUT2D eigenvalue weighted by Gasteiger charge is 2.28. The number of amides is 1. The summed E-state index contributed by atoms with van der Waals surface area (Å²) in [6.07, 6.45) is 4.18. The summed E-state index contributed by atoms with van der Waals surface area (Å²) in [5.41, 5.74) is 1.05. The third kappa shape index (κ3) is 5.36. The van der Waals surface area contributed by atoms with Crippen LogP contribution in [0.15, 0.2) is 24.5 Å². The van der Waals surface area contributed by atoms with E-state index in [0.29, 0.717) is 32.6 Å². The van der Waals surface area contributed by atoms with Gasteiger partial charge in [0, 0.05) is 32.0 Å². The molecule has 0 spiro atoms. The minimum absolute atomic E-state index is 0.0170. The summed E-state index contributed by atoms with van der Waals surface area (Å²) in [7, 11) is -1.60. The van der Waals surface area contributed by atoms with Crippen molar-refractivity contribution in [1.29, 1.82) is 0 Å². The lowest BCUT2D eigenvalue weighted by molar-refractivity contribution is -0.131. The highest BCUT2D eigenvalue weighted by molar-refractivity contribution is 7.89. The van der Waals surface area contributed by atoms with Gasteiger partial charge in [0.05, 0.1) is 12.3 Å². The van der Waals surface area contributed by atoms with E-state index in [1.165, 1.54) is 0 Å². The summed E-state index contributed by atoms with van der Waals surface area (Å²) in [4.78, 5) is 19.9. The van der Waals surface area contributed by atoms with Crippen molar-refractivity contribution in [1.82, 2.24) is 14.8 Å². The summed E-state index contributed by atoms with van der Waals surface area (Å²) >= 11 is 0. The maximum absolute atomic E-state index is 12.2. The SMILES string of the molecule is CN(CC(=O)N1CC[C@@H](CS(N)(=O)=O)C1)Cc1cccnc1. The average molecular weight is 326 g/mol. The van der Waals surface area contributed by atoms with Crippen LogP contribution >= 0.6 is 0 Å². The normalized spacial score (nSPS) is 18.9. The Labute approximate surface area is 131 Å². The van der Waals surface area contributed by atoms with E-state index in [9.17, 15) is 13.2 Å². The van der Waals surface area contributed by atoms with Crippen molar-refractivity contribution in [2.75, 3.05) is 32.4 Å². The molecule has 1 atom stereocenters. The van der Waals surface area contributed by atoms with Crippen molar-refractivity contribution in [3.8, 4) is 0 Å². The lowest BCUT2D eigenvalue weighted by Crippen LogP contribution is -2.38. The second-order valence-corrected chi connectivity index (χ2v) is 7.52. The second-order valence-electron chi connectivity index (χ2n) is 5.86.